The maximum absolute atomic E-state index is 5.85. The van der Waals surface area contributed by atoms with Crippen molar-refractivity contribution in [1.29, 1.82) is 0 Å². The number of nitrogen functional groups attached to an aromatic ring is 1. The summed E-state index contributed by atoms with van der Waals surface area (Å²) in [4.78, 5) is 0. The van der Waals surface area contributed by atoms with E-state index in [0.717, 1.165) is 30.9 Å². The van der Waals surface area contributed by atoms with Gasteiger partial charge in [-0.25, -0.2) is 0 Å². The summed E-state index contributed by atoms with van der Waals surface area (Å²) in [6.45, 7) is 5.26. The quantitative estimate of drug-likeness (QED) is 0.262. The van der Waals surface area contributed by atoms with Gasteiger partial charge in [-0.3, -0.25) is 0 Å². The number of benzene rings is 2. The molecule has 0 aromatic heterocycles. The van der Waals surface area contributed by atoms with E-state index in [9.17, 15) is 0 Å². The van der Waals surface area contributed by atoms with E-state index in [-0.39, 0.29) is 0 Å². The first-order valence-corrected chi connectivity index (χ1v) is 11.5. The second-order valence-corrected chi connectivity index (χ2v) is 7.98. The van der Waals surface area contributed by atoms with Gasteiger partial charge in [0.2, 0.25) is 0 Å². The van der Waals surface area contributed by atoms with Crippen LogP contribution in [0.5, 0.6) is 5.75 Å². The van der Waals surface area contributed by atoms with Crippen molar-refractivity contribution in [1.82, 2.24) is 0 Å². The number of allylic oxidation sites excluding steroid dienone is 1. The molecular formula is C27H39NO. The summed E-state index contributed by atoms with van der Waals surface area (Å²) in [7, 11) is 0. The van der Waals surface area contributed by atoms with Gasteiger partial charge in [0, 0.05) is 5.69 Å². The minimum atomic E-state index is 0.740. The minimum Gasteiger partial charge on any atom is -0.494 e. The van der Waals surface area contributed by atoms with Gasteiger partial charge in [-0.05, 0) is 73.9 Å². The molecule has 0 bridgehead atoms. The lowest BCUT2D eigenvalue weighted by Gasteiger charge is -2.10. The third-order valence-corrected chi connectivity index (χ3v) is 5.31. The predicted molar refractivity (Wildman–Crippen MR) is 127 cm³/mol. The lowest BCUT2D eigenvalue weighted by molar-refractivity contribution is 0.310. The molecule has 0 aliphatic heterocycles. The third kappa shape index (κ3) is 9.69. The summed E-state index contributed by atoms with van der Waals surface area (Å²) < 4.78 is 5.85. The summed E-state index contributed by atoms with van der Waals surface area (Å²) in [6, 6.07) is 16.8. The molecule has 0 unspecified atom stereocenters. The van der Waals surface area contributed by atoms with Crippen LogP contribution in [0.4, 0.5) is 5.69 Å². The van der Waals surface area contributed by atoms with E-state index in [2.05, 4.69) is 44.2 Å². The van der Waals surface area contributed by atoms with Gasteiger partial charge in [-0.2, -0.15) is 0 Å². The normalized spacial score (nSPS) is 11.6. The smallest absolute Gasteiger partial charge is 0.119 e. The number of ether oxygens (including phenoxy) is 1. The van der Waals surface area contributed by atoms with Crippen molar-refractivity contribution in [3.8, 4) is 5.75 Å². The van der Waals surface area contributed by atoms with Gasteiger partial charge >= 0.3 is 0 Å². The van der Waals surface area contributed by atoms with Gasteiger partial charge in [0.05, 0.1) is 6.61 Å². The fourth-order valence-corrected chi connectivity index (χ4v) is 3.50. The highest BCUT2D eigenvalue weighted by molar-refractivity contribution is 5.53. The van der Waals surface area contributed by atoms with E-state index in [1.807, 2.05) is 24.3 Å². The van der Waals surface area contributed by atoms with Crippen molar-refractivity contribution in [2.75, 3.05) is 12.3 Å². The summed E-state index contributed by atoms with van der Waals surface area (Å²) in [5.41, 5.74) is 10.8. The molecule has 0 amide bonds. The SMILES string of the molecule is CCCCCCc1ccc(/C=C(\CCCC)CCCOc2ccc(N)cc2)cc1. The Hall–Kier alpha value is -2.22. The molecule has 0 spiro atoms. The van der Waals surface area contributed by atoms with E-state index in [0.29, 0.717) is 0 Å². The molecule has 0 aliphatic rings. The van der Waals surface area contributed by atoms with E-state index in [1.54, 1.807) is 0 Å². The number of hydrogen-bond acceptors (Lipinski definition) is 2. The molecule has 29 heavy (non-hydrogen) atoms. The Morgan fingerprint density at radius 1 is 0.793 bits per heavy atom. The molecule has 2 N–H and O–H groups in total. The zero-order valence-corrected chi connectivity index (χ0v) is 18.5. The van der Waals surface area contributed by atoms with Crippen LogP contribution in [0.1, 0.15) is 82.8 Å². The van der Waals surface area contributed by atoms with Crippen molar-refractivity contribution in [3.63, 3.8) is 0 Å². The molecular weight excluding hydrogens is 354 g/mol. The number of unbranched alkanes of at least 4 members (excludes halogenated alkanes) is 4. The first-order chi connectivity index (χ1) is 14.2. The summed E-state index contributed by atoms with van der Waals surface area (Å²) in [6.07, 6.45) is 14.7. The van der Waals surface area contributed by atoms with Crippen LogP contribution in [0.15, 0.2) is 54.1 Å². The maximum Gasteiger partial charge on any atom is 0.119 e. The van der Waals surface area contributed by atoms with Crippen LogP contribution < -0.4 is 10.5 Å². The second-order valence-electron chi connectivity index (χ2n) is 7.98. The van der Waals surface area contributed by atoms with Crippen LogP contribution in [0.2, 0.25) is 0 Å². The molecule has 2 nitrogen and oxygen atoms in total. The average Bonchev–Trinajstić information content (AvgIpc) is 2.74. The molecule has 0 aliphatic carbocycles. The van der Waals surface area contributed by atoms with E-state index in [4.69, 9.17) is 10.5 Å². The molecule has 0 atom stereocenters. The third-order valence-electron chi connectivity index (χ3n) is 5.31. The zero-order valence-electron chi connectivity index (χ0n) is 18.5. The molecule has 0 radical (unpaired) electrons. The largest absolute Gasteiger partial charge is 0.494 e. The van der Waals surface area contributed by atoms with Crippen LogP contribution in [-0.2, 0) is 6.42 Å². The standard InChI is InChI=1S/C27H39NO/c1-3-5-7-8-11-23-13-15-25(16-14-23)22-24(10-6-4-2)12-9-21-29-27-19-17-26(28)18-20-27/h13-20,22H,3-12,21,28H2,1-2H3/b24-22+. The Balaban J connectivity index is 1.83. The van der Waals surface area contributed by atoms with Crippen molar-refractivity contribution in [2.24, 2.45) is 0 Å². The molecule has 2 aromatic rings. The van der Waals surface area contributed by atoms with Crippen LogP contribution in [0, 0.1) is 0 Å². The molecule has 0 saturated carbocycles. The predicted octanol–water partition coefficient (Wildman–Crippen LogP) is 7.82. The lowest BCUT2D eigenvalue weighted by atomic mass is 9.99. The maximum atomic E-state index is 5.85. The second kappa shape index (κ2) is 13.9. The van der Waals surface area contributed by atoms with Gasteiger partial charge in [-0.15, -0.1) is 0 Å². The number of anilines is 1. The molecule has 158 valence electrons. The highest BCUT2D eigenvalue weighted by atomic mass is 16.5. The molecule has 0 saturated heterocycles. The molecule has 2 rings (SSSR count). The van der Waals surface area contributed by atoms with Gasteiger partial charge in [0.15, 0.2) is 0 Å². The molecule has 2 heteroatoms. The van der Waals surface area contributed by atoms with Crippen molar-refractivity contribution in [2.45, 2.75) is 78.1 Å². The van der Waals surface area contributed by atoms with E-state index >= 15 is 0 Å². The van der Waals surface area contributed by atoms with Crippen LogP contribution in [0.3, 0.4) is 0 Å². The summed E-state index contributed by atoms with van der Waals surface area (Å²) in [5.74, 6) is 0.896. The number of rotatable bonds is 14. The van der Waals surface area contributed by atoms with E-state index < -0.39 is 0 Å². The number of aryl methyl sites for hydroxylation is 1. The monoisotopic (exact) mass is 393 g/mol. The van der Waals surface area contributed by atoms with Gasteiger partial charge in [-0.1, -0.05) is 75.4 Å². The van der Waals surface area contributed by atoms with Crippen molar-refractivity contribution in [3.05, 3.63) is 65.2 Å². The zero-order chi connectivity index (χ0) is 20.7. The Labute approximate surface area is 178 Å². The number of nitrogens with two attached hydrogens (primary N) is 1. The van der Waals surface area contributed by atoms with Crippen molar-refractivity contribution >= 4 is 11.8 Å². The molecule has 0 fully saturated rings. The highest BCUT2D eigenvalue weighted by Gasteiger charge is 2.01. The highest BCUT2D eigenvalue weighted by Crippen LogP contribution is 2.20. The van der Waals surface area contributed by atoms with Crippen LogP contribution in [0.25, 0.3) is 6.08 Å². The first kappa shape index (κ1) is 23.1. The van der Waals surface area contributed by atoms with Gasteiger partial charge in [0.25, 0.3) is 0 Å². The topological polar surface area (TPSA) is 35.2 Å². The van der Waals surface area contributed by atoms with E-state index in [1.165, 1.54) is 68.1 Å². The summed E-state index contributed by atoms with van der Waals surface area (Å²) in [5, 5.41) is 0. The van der Waals surface area contributed by atoms with Crippen molar-refractivity contribution < 1.29 is 4.74 Å². The van der Waals surface area contributed by atoms with Crippen LogP contribution in [-0.4, -0.2) is 6.61 Å². The first-order valence-electron chi connectivity index (χ1n) is 11.5. The molecule has 0 heterocycles. The lowest BCUT2D eigenvalue weighted by Crippen LogP contribution is -1.98. The molecule has 2 aromatic carbocycles. The Kier molecular flexibility index (Phi) is 11.0. The Morgan fingerprint density at radius 3 is 2.17 bits per heavy atom. The Bertz CT molecular complexity index is 700. The average molecular weight is 394 g/mol. The summed E-state index contributed by atoms with van der Waals surface area (Å²) >= 11 is 0. The van der Waals surface area contributed by atoms with Gasteiger partial charge in [0.1, 0.15) is 5.75 Å². The minimum absolute atomic E-state index is 0.740. The fourth-order valence-electron chi connectivity index (χ4n) is 3.50. The number of hydrogen-bond donors (Lipinski definition) is 1. The Morgan fingerprint density at radius 2 is 1.48 bits per heavy atom. The fraction of sp³-hybridized carbons (Fsp3) is 0.481. The van der Waals surface area contributed by atoms with Gasteiger partial charge < -0.3 is 10.5 Å². The van der Waals surface area contributed by atoms with Crippen LogP contribution >= 0.6 is 0 Å².